The Bertz CT molecular complexity index is 1330. The molecule has 1 N–H and O–H groups in total. The second kappa shape index (κ2) is 11.5. The number of rotatable bonds is 9. The van der Waals surface area contributed by atoms with E-state index in [4.69, 9.17) is 9.15 Å². The van der Waals surface area contributed by atoms with E-state index in [-0.39, 0.29) is 11.6 Å². The largest absolute Gasteiger partial charge is 0.486 e. The van der Waals surface area contributed by atoms with Crippen LogP contribution in [-0.2, 0) is 6.54 Å². The van der Waals surface area contributed by atoms with Crippen LogP contribution in [0.15, 0.2) is 88.1 Å². The number of hydrogen-bond acceptors (Lipinski definition) is 5. The zero-order valence-corrected chi connectivity index (χ0v) is 20.3. The Morgan fingerprint density at radius 3 is 2.47 bits per heavy atom. The Morgan fingerprint density at radius 2 is 1.69 bits per heavy atom. The molecule has 1 aliphatic rings. The highest BCUT2D eigenvalue weighted by Gasteiger charge is 2.18. The standard InChI is InChI=1S/C30H31FN2O3/c31-26-11-9-23(10-12-26)24-7-8-25-20-29(30(34)36-28(25)19-24)35-18-4-15-32-27-13-16-33(17-14-27)21-22-5-2-1-3-6-22/h1-3,5-12,19-20,27,32H,4,13-18,21H2. The van der Waals surface area contributed by atoms with Gasteiger partial charge in [-0.3, -0.25) is 4.90 Å². The monoisotopic (exact) mass is 486 g/mol. The van der Waals surface area contributed by atoms with Gasteiger partial charge in [-0.25, -0.2) is 9.18 Å². The molecule has 0 amide bonds. The third kappa shape index (κ3) is 6.20. The van der Waals surface area contributed by atoms with Gasteiger partial charge in [-0.2, -0.15) is 0 Å². The zero-order chi connectivity index (χ0) is 24.7. The molecule has 4 aromatic rings. The smallest absolute Gasteiger partial charge is 0.379 e. The quantitative estimate of drug-likeness (QED) is 0.246. The molecule has 0 spiro atoms. The number of nitrogens with zero attached hydrogens (tertiary/aromatic N) is 1. The lowest BCUT2D eigenvalue weighted by Crippen LogP contribution is -2.42. The first-order valence-corrected chi connectivity index (χ1v) is 12.6. The van der Waals surface area contributed by atoms with E-state index in [1.54, 1.807) is 24.3 Å². The van der Waals surface area contributed by atoms with Gasteiger partial charge in [-0.05, 0) is 79.9 Å². The highest BCUT2D eigenvalue weighted by molar-refractivity contribution is 5.83. The minimum absolute atomic E-state index is 0.228. The van der Waals surface area contributed by atoms with Gasteiger partial charge in [0.1, 0.15) is 11.4 Å². The van der Waals surface area contributed by atoms with Crippen molar-refractivity contribution < 1.29 is 13.5 Å². The van der Waals surface area contributed by atoms with Gasteiger partial charge < -0.3 is 14.5 Å². The average Bonchev–Trinajstić information content (AvgIpc) is 2.90. The summed E-state index contributed by atoms with van der Waals surface area (Å²) in [5.74, 6) is -0.0569. The average molecular weight is 487 g/mol. The van der Waals surface area contributed by atoms with Crippen molar-refractivity contribution in [2.24, 2.45) is 0 Å². The van der Waals surface area contributed by atoms with Crippen molar-refractivity contribution in [1.29, 1.82) is 0 Å². The molecule has 0 saturated carbocycles. The van der Waals surface area contributed by atoms with E-state index in [1.807, 2.05) is 12.1 Å². The summed E-state index contributed by atoms with van der Waals surface area (Å²) in [5, 5.41) is 4.42. The maximum atomic E-state index is 13.2. The molecule has 36 heavy (non-hydrogen) atoms. The Balaban J connectivity index is 1.07. The molecule has 0 radical (unpaired) electrons. The number of likely N-dealkylation sites (tertiary alicyclic amines) is 1. The predicted octanol–water partition coefficient (Wildman–Crippen LogP) is 5.62. The topological polar surface area (TPSA) is 54.7 Å². The molecule has 1 fully saturated rings. The second-order valence-electron chi connectivity index (χ2n) is 9.35. The van der Waals surface area contributed by atoms with Crippen LogP contribution in [0.4, 0.5) is 4.39 Å². The van der Waals surface area contributed by atoms with E-state index in [2.05, 4.69) is 40.5 Å². The van der Waals surface area contributed by atoms with E-state index < -0.39 is 5.63 Å². The number of fused-ring (bicyclic) bond motifs is 1. The van der Waals surface area contributed by atoms with Crippen LogP contribution >= 0.6 is 0 Å². The van der Waals surface area contributed by atoms with Crippen LogP contribution in [0.3, 0.4) is 0 Å². The molecule has 0 atom stereocenters. The van der Waals surface area contributed by atoms with Crippen molar-refractivity contribution in [2.45, 2.75) is 31.8 Å². The Hall–Kier alpha value is -3.48. The first-order chi connectivity index (χ1) is 17.6. The fourth-order valence-corrected chi connectivity index (χ4v) is 4.71. The SMILES string of the molecule is O=c1oc2cc(-c3ccc(F)cc3)ccc2cc1OCCCNC1CCN(Cc2ccccc2)CC1. The molecular weight excluding hydrogens is 455 g/mol. The summed E-state index contributed by atoms with van der Waals surface area (Å²) in [6.45, 7) is 4.52. The van der Waals surface area contributed by atoms with E-state index in [1.165, 1.54) is 17.7 Å². The normalized spacial score (nSPS) is 14.8. The third-order valence-electron chi connectivity index (χ3n) is 6.73. The Labute approximate surface area is 210 Å². The number of hydrogen-bond donors (Lipinski definition) is 1. The fourth-order valence-electron chi connectivity index (χ4n) is 4.71. The van der Waals surface area contributed by atoms with Crippen molar-refractivity contribution in [3.63, 3.8) is 0 Å². The van der Waals surface area contributed by atoms with Gasteiger partial charge in [0.05, 0.1) is 6.61 Å². The van der Waals surface area contributed by atoms with Gasteiger partial charge in [0, 0.05) is 18.0 Å². The summed E-state index contributed by atoms with van der Waals surface area (Å²) in [6, 6.07) is 24.7. The van der Waals surface area contributed by atoms with Crippen molar-refractivity contribution in [3.8, 4) is 16.9 Å². The molecule has 0 unspecified atom stereocenters. The minimum Gasteiger partial charge on any atom is -0.486 e. The number of nitrogens with one attached hydrogen (secondary N) is 1. The Kier molecular flexibility index (Phi) is 7.74. The second-order valence-corrected chi connectivity index (χ2v) is 9.35. The predicted molar refractivity (Wildman–Crippen MR) is 141 cm³/mol. The van der Waals surface area contributed by atoms with Gasteiger partial charge in [0.2, 0.25) is 5.75 Å². The molecule has 2 heterocycles. The van der Waals surface area contributed by atoms with Crippen LogP contribution in [0, 0.1) is 5.82 Å². The molecular formula is C30H31FN2O3. The third-order valence-corrected chi connectivity index (χ3v) is 6.73. The maximum absolute atomic E-state index is 13.2. The summed E-state index contributed by atoms with van der Waals surface area (Å²) in [4.78, 5) is 14.9. The van der Waals surface area contributed by atoms with Crippen molar-refractivity contribution in [1.82, 2.24) is 10.2 Å². The van der Waals surface area contributed by atoms with E-state index >= 15 is 0 Å². The molecule has 1 saturated heterocycles. The number of halogens is 1. The zero-order valence-electron chi connectivity index (χ0n) is 20.3. The van der Waals surface area contributed by atoms with Gasteiger partial charge >= 0.3 is 5.63 Å². The minimum atomic E-state index is -0.488. The molecule has 6 heteroatoms. The van der Waals surface area contributed by atoms with Crippen LogP contribution in [0.2, 0.25) is 0 Å². The highest BCUT2D eigenvalue weighted by atomic mass is 19.1. The summed E-state index contributed by atoms with van der Waals surface area (Å²) >= 11 is 0. The molecule has 1 aromatic heterocycles. The number of piperidine rings is 1. The van der Waals surface area contributed by atoms with Gasteiger partial charge in [0.25, 0.3) is 0 Å². The van der Waals surface area contributed by atoms with Gasteiger partial charge in [0.15, 0.2) is 0 Å². The highest BCUT2D eigenvalue weighted by Crippen LogP contribution is 2.25. The molecule has 1 aliphatic heterocycles. The number of benzene rings is 3. The van der Waals surface area contributed by atoms with Crippen molar-refractivity contribution in [2.75, 3.05) is 26.2 Å². The van der Waals surface area contributed by atoms with Gasteiger partial charge in [-0.1, -0.05) is 54.6 Å². The summed E-state index contributed by atoms with van der Waals surface area (Å²) in [7, 11) is 0. The molecule has 0 bridgehead atoms. The summed E-state index contributed by atoms with van der Waals surface area (Å²) in [6.07, 6.45) is 3.09. The first-order valence-electron chi connectivity index (χ1n) is 12.6. The molecule has 0 aliphatic carbocycles. The Morgan fingerprint density at radius 1 is 0.944 bits per heavy atom. The lowest BCUT2D eigenvalue weighted by atomic mass is 10.0. The fraction of sp³-hybridized carbons (Fsp3) is 0.300. The maximum Gasteiger partial charge on any atom is 0.379 e. The summed E-state index contributed by atoms with van der Waals surface area (Å²) in [5.41, 5.74) is 3.08. The lowest BCUT2D eigenvalue weighted by molar-refractivity contribution is 0.189. The van der Waals surface area contributed by atoms with E-state index in [0.717, 1.165) is 62.0 Å². The van der Waals surface area contributed by atoms with Crippen LogP contribution in [0.25, 0.3) is 22.1 Å². The van der Waals surface area contributed by atoms with Crippen LogP contribution in [-0.4, -0.2) is 37.2 Å². The van der Waals surface area contributed by atoms with Gasteiger partial charge in [-0.15, -0.1) is 0 Å². The van der Waals surface area contributed by atoms with Crippen LogP contribution in [0.1, 0.15) is 24.8 Å². The molecule has 3 aromatic carbocycles. The molecule has 5 rings (SSSR count). The number of ether oxygens (including phenoxy) is 1. The van der Waals surface area contributed by atoms with E-state index in [0.29, 0.717) is 18.2 Å². The van der Waals surface area contributed by atoms with E-state index in [9.17, 15) is 9.18 Å². The molecule has 5 nitrogen and oxygen atoms in total. The van der Waals surface area contributed by atoms with Crippen LogP contribution in [0.5, 0.6) is 5.75 Å². The van der Waals surface area contributed by atoms with Crippen LogP contribution < -0.4 is 15.7 Å². The lowest BCUT2D eigenvalue weighted by Gasteiger charge is -2.32. The van der Waals surface area contributed by atoms with Crippen molar-refractivity contribution in [3.05, 3.63) is 101 Å². The summed E-state index contributed by atoms with van der Waals surface area (Å²) < 4.78 is 24.5. The first kappa shape index (κ1) is 24.2. The molecule has 186 valence electrons. The van der Waals surface area contributed by atoms with Crippen molar-refractivity contribution >= 4 is 11.0 Å².